The van der Waals surface area contributed by atoms with E-state index in [1.807, 2.05) is 32.9 Å². The molecule has 0 bridgehead atoms. The van der Waals surface area contributed by atoms with E-state index < -0.39 is 22.1 Å². The lowest BCUT2D eigenvalue weighted by atomic mass is 9.68. The second kappa shape index (κ2) is 13.0. The lowest BCUT2D eigenvalue weighted by Crippen LogP contribution is -2.59. The minimum Gasteiger partial charge on any atom is -0.496 e. The largest absolute Gasteiger partial charge is 0.496 e. The Morgan fingerprint density at radius 1 is 0.927 bits per heavy atom. The van der Waals surface area contributed by atoms with Crippen LogP contribution in [0.4, 0.5) is 0 Å². The van der Waals surface area contributed by atoms with Crippen molar-refractivity contribution in [1.82, 2.24) is 4.57 Å². The first-order chi connectivity index (χ1) is 19.2. The topological polar surface area (TPSA) is 140 Å². The van der Waals surface area contributed by atoms with Crippen LogP contribution in [0.3, 0.4) is 0 Å². The van der Waals surface area contributed by atoms with E-state index in [0.29, 0.717) is 47.4 Å². The molecule has 0 saturated carbocycles. The van der Waals surface area contributed by atoms with Crippen molar-refractivity contribution in [2.45, 2.75) is 90.8 Å². The monoisotopic (exact) mass is 567 g/mol. The number of pyridine rings is 1. The van der Waals surface area contributed by atoms with E-state index in [-0.39, 0.29) is 11.5 Å². The Balaban J connectivity index is 1.48. The van der Waals surface area contributed by atoms with Crippen molar-refractivity contribution in [1.29, 1.82) is 0 Å². The molecule has 0 saturated heterocycles. The van der Waals surface area contributed by atoms with Crippen LogP contribution >= 0.6 is 0 Å². The van der Waals surface area contributed by atoms with Crippen LogP contribution in [-0.4, -0.2) is 35.3 Å². The predicted octanol–water partition coefficient (Wildman–Crippen LogP) is 5.00. The maximum Gasteiger partial charge on any atom is 0.344 e. The van der Waals surface area contributed by atoms with Gasteiger partial charge in [-0.2, -0.15) is 0 Å². The number of esters is 1. The summed E-state index contributed by atoms with van der Waals surface area (Å²) < 4.78 is 18.1. The summed E-state index contributed by atoms with van der Waals surface area (Å²) in [5.41, 5.74) is 11.1. The quantitative estimate of drug-likeness (QED) is 0.205. The second-order valence-corrected chi connectivity index (χ2v) is 12.4. The van der Waals surface area contributed by atoms with Crippen LogP contribution in [0.1, 0.15) is 73.1 Å². The molecule has 0 spiro atoms. The Morgan fingerprint density at radius 3 is 2.27 bits per heavy atom. The third-order valence-corrected chi connectivity index (χ3v) is 7.78. The number of aromatic nitrogens is 1. The summed E-state index contributed by atoms with van der Waals surface area (Å²) in [6, 6.07) is 10.4. The van der Waals surface area contributed by atoms with Gasteiger partial charge in [-0.25, -0.2) is 4.79 Å². The highest BCUT2D eigenvalue weighted by atomic mass is 16.5. The van der Waals surface area contributed by atoms with Crippen molar-refractivity contribution in [3.63, 3.8) is 0 Å². The highest BCUT2D eigenvalue weighted by Crippen LogP contribution is 2.35. The number of hydrogen-bond donors (Lipinski definition) is 2. The minimum absolute atomic E-state index is 0.156. The van der Waals surface area contributed by atoms with Crippen LogP contribution in [0.15, 0.2) is 56.6 Å². The number of rotatable bonds is 14. The van der Waals surface area contributed by atoms with Gasteiger partial charge in [-0.05, 0) is 66.0 Å². The number of methoxy groups -OCH3 is 1. The molecule has 3 aromatic rings. The molecule has 0 aliphatic carbocycles. The molecule has 9 nitrogen and oxygen atoms in total. The lowest BCUT2D eigenvalue weighted by molar-refractivity contribution is -0.158. The van der Waals surface area contributed by atoms with Crippen LogP contribution < -0.4 is 27.4 Å². The van der Waals surface area contributed by atoms with E-state index >= 15 is 0 Å². The number of nitrogens with zero attached hydrogens (tertiary/aromatic N) is 1. The van der Waals surface area contributed by atoms with Crippen molar-refractivity contribution >= 4 is 16.9 Å². The van der Waals surface area contributed by atoms with Crippen LogP contribution in [0, 0.1) is 5.41 Å². The summed E-state index contributed by atoms with van der Waals surface area (Å²) in [7, 11) is 1.54. The molecular weight excluding hydrogens is 522 g/mol. The Hall–Kier alpha value is -3.43. The second-order valence-electron chi connectivity index (χ2n) is 12.4. The van der Waals surface area contributed by atoms with Gasteiger partial charge in [0.15, 0.2) is 5.58 Å². The van der Waals surface area contributed by atoms with Crippen molar-refractivity contribution in [3.05, 3.63) is 63.4 Å². The summed E-state index contributed by atoms with van der Waals surface area (Å²) >= 11 is 0. The normalized spacial score (nSPS) is 13.7. The van der Waals surface area contributed by atoms with Crippen LogP contribution in [-0.2, 0) is 16.1 Å². The summed E-state index contributed by atoms with van der Waals surface area (Å²) in [6.07, 6.45) is 6.38. The number of ether oxygens (including phenoxy) is 2. The van der Waals surface area contributed by atoms with Gasteiger partial charge in [-0.1, -0.05) is 37.5 Å². The van der Waals surface area contributed by atoms with E-state index in [2.05, 4.69) is 0 Å². The first-order valence-electron chi connectivity index (χ1n) is 14.2. The zero-order chi connectivity index (χ0) is 30.4. The molecule has 1 unspecified atom stereocenters. The number of nitrogens with two attached hydrogens (primary N) is 2. The van der Waals surface area contributed by atoms with Crippen LogP contribution in [0.25, 0.3) is 22.1 Å². The fourth-order valence-electron chi connectivity index (χ4n) is 5.02. The highest BCUT2D eigenvalue weighted by Gasteiger charge is 2.46. The van der Waals surface area contributed by atoms with Gasteiger partial charge in [0, 0.05) is 34.6 Å². The number of unbranched alkanes of at least 4 members (excludes halogenated alkanes) is 4. The number of hydrogen-bond acceptors (Lipinski definition) is 8. The number of aryl methyl sites for hydroxylation is 1. The van der Waals surface area contributed by atoms with E-state index in [1.54, 1.807) is 49.9 Å². The molecule has 2 aromatic heterocycles. The molecule has 0 amide bonds. The van der Waals surface area contributed by atoms with Gasteiger partial charge in [0.2, 0.25) is 0 Å². The Labute approximate surface area is 241 Å². The maximum atomic E-state index is 12.7. The van der Waals surface area contributed by atoms with Gasteiger partial charge < -0.3 is 29.9 Å². The van der Waals surface area contributed by atoms with Crippen LogP contribution in [0.2, 0.25) is 0 Å². The smallest absolute Gasteiger partial charge is 0.344 e. The van der Waals surface area contributed by atoms with Crippen molar-refractivity contribution in [3.8, 4) is 16.9 Å². The number of fused-ring (bicyclic) bond motifs is 1. The molecule has 1 atom stereocenters. The van der Waals surface area contributed by atoms with Gasteiger partial charge in [0.25, 0.3) is 5.56 Å². The molecule has 1 aromatic carbocycles. The molecule has 2 heterocycles. The van der Waals surface area contributed by atoms with E-state index in [9.17, 15) is 14.4 Å². The highest BCUT2D eigenvalue weighted by molar-refractivity contribution is 5.82. The molecule has 0 aliphatic heterocycles. The van der Waals surface area contributed by atoms with Gasteiger partial charge in [0.05, 0.1) is 30.9 Å². The fourth-order valence-corrected chi connectivity index (χ4v) is 5.02. The van der Waals surface area contributed by atoms with Gasteiger partial charge in [-0.15, -0.1) is 0 Å². The van der Waals surface area contributed by atoms with E-state index in [1.165, 1.54) is 6.07 Å². The predicted molar refractivity (Wildman–Crippen MR) is 162 cm³/mol. The molecule has 0 fully saturated rings. The molecule has 224 valence electrons. The molecule has 0 aliphatic rings. The number of para-hydroxylation sites is 1. The minimum atomic E-state index is -0.869. The van der Waals surface area contributed by atoms with Crippen molar-refractivity contribution in [2.24, 2.45) is 16.9 Å². The molecule has 9 heteroatoms. The maximum absolute atomic E-state index is 12.7. The first kappa shape index (κ1) is 32.1. The third kappa shape index (κ3) is 8.07. The lowest BCUT2D eigenvalue weighted by Gasteiger charge is -2.42. The molecular formula is C32H45N3O6. The fraction of sp³-hybridized carbons (Fsp3) is 0.531. The number of benzene rings is 1. The van der Waals surface area contributed by atoms with Crippen molar-refractivity contribution < 1.29 is 18.7 Å². The number of carbonyl (C=O) groups is 1. The zero-order valence-electron chi connectivity index (χ0n) is 25.2. The zero-order valence-corrected chi connectivity index (χ0v) is 25.2. The first-order valence-corrected chi connectivity index (χ1v) is 14.2. The Kier molecular flexibility index (Phi) is 10.2. The molecule has 3 rings (SSSR count). The molecule has 41 heavy (non-hydrogen) atoms. The Morgan fingerprint density at radius 2 is 1.59 bits per heavy atom. The van der Waals surface area contributed by atoms with E-state index in [4.69, 9.17) is 25.4 Å². The summed E-state index contributed by atoms with van der Waals surface area (Å²) in [6.45, 7) is 10.1. The summed E-state index contributed by atoms with van der Waals surface area (Å²) in [5.74, 6) is 0.240. The van der Waals surface area contributed by atoms with Crippen LogP contribution in [0.5, 0.6) is 5.75 Å². The average Bonchev–Trinajstić information content (AvgIpc) is 2.88. The van der Waals surface area contributed by atoms with Gasteiger partial charge >= 0.3 is 11.6 Å². The van der Waals surface area contributed by atoms with E-state index in [0.717, 1.165) is 32.1 Å². The summed E-state index contributed by atoms with van der Waals surface area (Å²) in [4.78, 5) is 38.2. The SMILES string of the molecule is COc1ccccc1-c1cc2cc(=O)n(CCCCCCCOC(=O)C(C)(C)C(C)(N)CC(C)(C)N)cc2oc1=O. The Bertz CT molecular complexity index is 1460. The third-order valence-electron chi connectivity index (χ3n) is 7.78. The van der Waals surface area contributed by atoms with Crippen molar-refractivity contribution in [2.75, 3.05) is 13.7 Å². The average molecular weight is 568 g/mol. The standard InChI is InChI=1S/C32H45N3O6/c1-30(2,33)21-32(5,34)31(3,4)29(38)40-17-13-9-7-8-12-16-35-20-26-22(19-27(35)36)18-24(28(37)41-26)23-14-10-11-15-25(23)39-6/h10-11,14-15,18-20H,7-9,12-13,16-17,21,33-34H2,1-6H3. The molecule has 4 N–H and O–H groups in total. The number of carbonyl (C=O) groups excluding carboxylic acids is 1. The van der Waals surface area contributed by atoms with Gasteiger partial charge in [0.1, 0.15) is 5.75 Å². The van der Waals surface area contributed by atoms with Gasteiger partial charge in [-0.3, -0.25) is 9.59 Å². The molecule has 0 radical (unpaired) electrons. The summed E-state index contributed by atoms with van der Waals surface area (Å²) in [5, 5.41) is 0.561.